The van der Waals surface area contributed by atoms with Crippen LogP contribution in [0.4, 0.5) is 5.69 Å². The fourth-order valence-electron chi connectivity index (χ4n) is 3.94. The summed E-state index contributed by atoms with van der Waals surface area (Å²) < 4.78 is 2.12. The van der Waals surface area contributed by atoms with Crippen molar-refractivity contribution in [2.75, 3.05) is 4.90 Å². The fourth-order valence-corrected chi connectivity index (χ4v) is 3.94. The van der Waals surface area contributed by atoms with Crippen molar-refractivity contribution in [2.45, 2.75) is 51.2 Å². The maximum absolute atomic E-state index is 6.27. The molecule has 0 saturated heterocycles. The summed E-state index contributed by atoms with van der Waals surface area (Å²) in [7, 11) is 0. The lowest BCUT2D eigenvalue weighted by Crippen LogP contribution is -2.58. The first-order valence-electron chi connectivity index (χ1n) is 8.57. The topological polar surface area (TPSA) is 97.8 Å². The summed E-state index contributed by atoms with van der Waals surface area (Å²) in [6.45, 7) is 3.01. The number of imidazole rings is 1. The Labute approximate surface area is 141 Å². The van der Waals surface area contributed by atoms with Crippen LogP contribution in [0.2, 0.25) is 0 Å². The van der Waals surface area contributed by atoms with E-state index in [1.54, 1.807) is 0 Å². The van der Waals surface area contributed by atoms with Gasteiger partial charge in [-0.15, -0.1) is 0 Å². The Balaban J connectivity index is 1.82. The Kier molecular flexibility index (Phi) is 3.44. The Hall–Kier alpha value is -2.57. The van der Waals surface area contributed by atoms with E-state index >= 15 is 0 Å². The van der Waals surface area contributed by atoms with Crippen LogP contribution >= 0.6 is 0 Å². The number of aliphatic imine (C=N–C) groups is 2. The highest BCUT2D eigenvalue weighted by molar-refractivity contribution is 6.06. The smallest absolute Gasteiger partial charge is 0.220 e. The Bertz CT molecular complexity index is 827. The Morgan fingerprint density at radius 2 is 1.96 bits per heavy atom. The van der Waals surface area contributed by atoms with Gasteiger partial charge in [-0.1, -0.05) is 6.42 Å². The van der Waals surface area contributed by atoms with Gasteiger partial charge in [0.1, 0.15) is 5.66 Å². The first-order chi connectivity index (χ1) is 11.6. The van der Waals surface area contributed by atoms with E-state index in [9.17, 15) is 0 Å². The molecule has 1 aliphatic heterocycles. The van der Waals surface area contributed by atoms with E-state index < -0.39 is 5.66 Å². The average molecular weight is 325 g/mol. The number of nitrogens with two attached hydrogens (primary N) is 2. The predicted molar refractivity (Wildman–Crippen MR) is 96.9 cm³/mol. The lowest BCUT2D eigenvalue weighted by atomic mass is 9.87. The van der Waals surface area contributed by atoms with Crippen LogP contribution in [0.3, 0.4) is 0 Å². The second kappa shape index (κ2) is 5.51. The summed E-state index contributed by atoms with van der Waals surface area (Å²) in [4.78, 5) is 15.5. The molecule has 0 atom stereocenters. The molecule has 1 saturated carbocycles. The van der Waals surface area contributed by atoms with Crippen LogP contribution in [-0.2, 0) is 6.54 Å². The molecule has 7 nitrogen and oxygen atoms in total. The first kappa shape index (κ1) is 15.0. The first-order valence-corrected chi connectivity index (χ1v) is 8.57. The molecular formula is C17H23N7. The molecule has 0 bridgehead atoms. The second-order valence-electron chi connectivity index (χ2n) is 6.52. The van der Waals surface area contributed by atoms with E-state index in [-0.39, 0.29) is 5.96 Å². The van der Waals surface area contributed by atoms with Gasteiger partial charge in [0.05, 0.1) is 17.4 Å². The van der Waals surface area contributed by atoms with Gasteiger partial charge in [0.25, 0.3) is 0 Å². The van der Waals surface area contributed by atoms with Gasteiger partial charge in [0.2, 0.25) is 11.9 Å². The van der Waals surface area contributed by atoms with Gasteiger partial charge in [0, 0.05) is 12.2 Å². The minimum absolute atomic E-state index is 0.280. The largest absolute Gasteiger partial charge is 0.369 e. The number of guanidine groups is 2. The highest BCUT2D eigenvalue weighted by atomic mass is 15.4. The van der Waals surface area contributed by atoms with Crippen molar-refractivity contribution < 1.29 is 0 Å². The molecule has 0 radical (unpaired) electrons. The molecule has 4 N–H and O–H groups in total. The predicted octanol–water partition coefficient (Wildman–Crippen LogP) is 2.17. The van der Waals surface area contributed by atoms with Crippen LogP contribution in [0.1, 0.15) is 39.0 Å². The second-order valence-corrected chi connectivity index (χ2v) is 6.52. The van der Waals surface area contributed by atoms with E-state index in [2.05, 4.69) is 39.7 Å². The third-order valence-corrected chi connectivity index (χ3v) is 5.05. The minimum atomic E-state index is -0.408. The molecule has 24 heavy (non-hydrogen) atoms. The molecule has 7 heteroatoms. The molecule has 1 fully saturated rings. The molecule has 2 aliphatic rings. The number of hydrogen-bond donors (Lipinski definition) is 2. The monoisotopic (exact) mass is 325 g/mol. The van der Waals surface area contributed by atoms with Crippen molar-refractivity contribution in [3.05, 3.63) is 24.5 Å². The van der Waals surface area contributed by atoms with Crippen LogP contribution in [0.5, 0.6) is 0 Å². The molecule has 4 rings (SSSR count). The van der Waals surface area contributed by atoms with Crippen LogP contribution < -0.4 is 16.4 Å². The third-order valence-electron chi connectivity index (χ3n) is 5.05. The molecule has 1 aliphatic carbocycles. The maximum Gasteiger partial charge on any atom is 0.220 e. The molecule has 1 aromatic carbocycles. The lowest BCUT2D eigenvalue weighted by Gasteiger charge is -2.45. The van der Waals surface area contributed by atoms with Gasteiger partial charge in [-0.3, -0.25) is 4.90 Å². The van der Waals surface area contributed by atoms with Crippen molar-refractivity contribution in [1.82, 2.24) is 9.55 Å². The van der Waals surface area contributed by atoms with E-state index in [0.717, 1.165) is 48.9 Å². The molecule has 0 unspecified atom stereocenters. The van der Waals surface area contributed by atoms with E-state index in [0.29, 0.717) is 5.96 Å². The number of aryl methyl sites for hydroxylation is 1. The summed E-state index contributed by atoms with van der Waals surface area (Å²) in [5.41, 5.74) is 14.8. The zero-order valence-electron chi connectivity index (χ0n) is 13.9. The van der Waals surface area contributed by atoms with Crippen molar-refractivity contribution in [3.8, 4) is 0 Å². The quantitative estimate of drug-likeness (QED) is 0.884. The summed E-state index contributed by atoms with van der Waals surface area (Å²) in [6.07, 6.45) is 7.20. The van der Waals surface area contributed by atoms with E-state index in [1.807, 2.05) is 11.2 Å². The Morgan fingerprint density at radius 1 is 1.17 bits per heavy atom. The van der Waals surface area contributed by atoms with Crippen LogP contribution in [-0.4, -0.2) is 27.1 Å². The number of rotatable bonds is 2. The van der Waals surface area contributed by atoms with Crippen LogP contribution in [0, 0.1) is 0 Å². The van der Waals surface area contributed by atoms with Gasteiger partial charge < -0.3 is 16.0 Å². The maximum atomic E-state index is 6.27. The number of fused-ring (bicyclic) bond motifs is 1. The molecule has 0 amide bonds. The molecule has 1 aromatic heterocycles. The number of nitrogens with zero attached hydrogens (tertiary/aromatic N) is 5. The standard InChI is InChI=1S/C17H23N7/c1-2-23-11-20-13-10-12(6-7-14(13)23)24-16(19)21-15(18)22-17(24)8-4-3-5-9-17/h6-7,10-11H,2-5,8-9H2,1H3,(H4,18,19,21,22). The summed E-state index contributed by atoms with van der Waals surface area (Å²) in [5.74, 6) is 0.695. The third kappa shape index (κ3) is 2.23. The average Bonchev–Trinajstić information content (AvgIpc) is 2.97. The molecule has 2 heterocycles. The minimum Gasteiger partial charge on any atom is -0.369 e. The zero-order valence-corrected chi connectivity index (χ0v) is 13.9. The fraction of sp³-hybridized carbons (Fsp3) is 0.471. The molecular weight excluding hydrogens is 302 g/mol. The lowest BCUT2D eigenvalue weighted by molar-refractivity contribution is 0.305. The van der Waals surface area contributed by atoms with Gasteiger partial charge in [-0.2, -0.15) is 4.99 Å². The van der Waals surface area contributed by atoms with Crippen LogP contribution in [0.15, 0.2) is 34.5 Å². The van der Waals surface area contributed by atoms with Gasteiger partial charge in [-0.05, 0) is 50.8 Å². The summed E-state index contributed by atoms with van der Waals surface area (Å²) in [6, 6.07) is 6.23. The van der Waals surface area contributed by atoms with Gasteiger partial charge in [0.15, 0.2) is 0 Å². The van der Waals surface area contributed by atoms with Gasteiger partial charge >= 0.3 is 0 Å². The summed E-state index contributed by atoms with van der Waals surface area (Å²) in [5, 5.41) is 0. The molecule has 2 aromatic rings. The Morgan fingerprint density at radius 3 is 2.71 bits per heavy atom. The van der Waals surface area contributed by atoms with E-state index in [4.69, 9.17) is 16.5 Å². The van der Waals surface area contributed by atoms with Crippen LogP contribution in [0.25, 0.3) is 11.0 Å². The number of hydrogen-bond acceptors (Lipinski definition) is 6. The summed E-state index contributed by atoms with van der Waals surface area (Å²) >= 11 is 0. The number of benzene rings is 1. The van der Waals surface area contributed by atoms with Crippen molar-refractivity contribution in [1.29, 1.82) is 0 Å². The van der Waals surface area contributed by atoms with Crippen molar-refractivity contribution in [2.24, 2.45) is 21.5 Å². The molecule has 1 spiro atoms. The zero-order chi connectivity index (χ0) is 16.7. The highest BCUT2D eigenvalue weighted by Gasteiger charge is 2.42. The number of anilines is 1. The van der Waals surface area contributed by atoms with Gasteiger partial charge in [-0.25, -0.2) is 9.98 Å². The molecule has 126 valence electrons. The normalized spacial score (nSPS) is 20.3. The number of aromatic nitrogens is 2. The highest BCUT2D eigenvalue weighted by Crippen LogP contribution is 2.39. The van der Waals surface area contributed by atoms with Crippen molar-refractivity contribution in [3.63, 3.8) is 0 Å². The van der Waals surface area contributed by atoms with Crippen molar-refractivity contribution >= 4 is 28.6 Å². The van der Waals surface area contributed by atoms with E-state index in [1.165, 1.54) is 6.42 Å². The SMILES string of the molecule is CCn1cnc2cc(N3C(N)=NC(N)=NC34CCCCC4)ccc21.